The molecule has 0 radical (unpaired) electrons. The second-order valence-corrected chi connectivity index (χ2v) is 14.1. The lowest BCUT2D eigenvalue weighted by molar-refractivity contribution is 0.271. The molecule has 0 aliphatic heterocycles. The van der Waals surface area contributed by atoms with E-state index in [9.17, 15) is 20.8 Å². The molecule has 0 saturated heterocycles. The molecule has 8 aromatic carbocycles. The highest BCUT2D eigenvalue weighted by molar-refractivity contribution is 6.05. The van der Waals surface area contributed by atoms with Crippen LogP contribution in [0.2, 0.25) is 0 Å². The van der Waals surface area contributed by atoms with Crippen molar-refractivity contribution >= 4 is 67.9 Å². The highest BCUT2D eigenvalue weighted by Crippen LogP contribution is 2.32. The van der Waals surface area contributed by atoms with Crippen LogP contribution in [0.4, 0.5) is 0 Å². The van der Waals surface area contributed by atoms with Gasteiger partial charge in [0.25, 0.3) is 0 Å². The van der Waals surface area contributed by atoms with Gasteiger partial charge in [-0.2, -0.15) is 0 Å². The molecule has 12 heteroatoms. The summed E-state index contributed by atoms with van der Waals surface area (Å²) in [5, 5.41) is 59.3. The number of hydrogen-bond donors (Lipinski definition) is 4. The molecule has 0 aliphatic carbocycles. The monoisotopic (exact) mass is 824 g/mol. The number of hydrogen-bond acceptors (Lipinski definition) is 12. The summed E-state index contributed by atoms with van der Waals surface area (Å²) in [7, 11) is 0. The van der Waals surface area contributed by atoms with Crippen molar-refractivity contribution in [1.82, 2.24) is 0 Å². The van der Waals surface area contributed by atoms with Gasteiger partial charge in [0.15, 0.2) is 0 Å². The molecule has 62 heavy (non-hydrogen) atoms. The van der Waals surface area contributed by atoms with Crippen LogP contribution >= 0.6 is 0 Å². The average molecular weight is 825 g/mol. The van der Waals surface area contributed by atoms with Crippen molar-refractivity contribution in [2.24, 2.45) is 20.6 Å². The lowest BCUT2D eigenvalue weighted by atomic mass is 10.0. The number of rotatable bonds is 16. The maximum atomic E-state index is 9.71. The quantitative estimate of drug-likeness (QED) is 0.0323. The van der Waals surface area contributed by atoms with Crippen LogP contribution in [-0.4, -0.2) is 72.1 Å². The number of ether oxygens (including phenoxy) is 4. The predicted octanol–water partition coefficient (Wildman–Crippen LogP) is 10.4. The van der Waals surface area contributed by atoms with E-state index in [2.05, 4.69) is 20.6 Å². The highest BCUT2D eigenvalue weighted by Gasteiger charge is 2.19. The summed E-state index contributed by atoms with van der Waals surface area (Å²) in [5.41, 5.74) is 3.55. The summed E-state index contributed by atoms with van der Waals surface area (Å²) in [4.78, 5) is 0. The van der Waals surface area contributed by atoms with Gasteiger partial charge in [-0.1, -0.05) is 142 Å². The molecular formula is C50H40N4O8. The number of benzene rings is 8. The van der Waals surface area contributed by atoms with Gasteiger partial charge >= 0.3 is 0 Å². The zero-order valence-corrected chi connectivity index (χ0v) is 33.2. The summed E-state index contributed by atoms with van der Waals surface area (Å²) in [6.45, 7) is -0.131. The van der Waals surface area contributed by atoms with E-state index in [0.717, 1.165) is 43.1 Å². The Morgan fingerprint density at radius 3 is 0.774 bits per heavy atom. The first-order valence-electron chi connectivity index (χ1n) is 19.6. The van der Waals surface area contributed by atoms with Crippen molar-refractivity contribution < 1.29 is 39.8 Å². The fourth-order valence-electron chi connectivity index (χ4n) is 7.52. The third-order valence-electron chi connectivity index (χ3n) is 10.6. The number of nitrogens with zero attached hydrogens (tertiary/aromatic N) is 4. The minimum atomic E-state index is -0.0327. The molecule has 0 amide bonds. The van der Waals surface area contributed by atoms with Crippen LogP contribution in [-0.2, 0) is 0 Å². The summed E-state index contributed by atoms with van der Waals surface area (Å²) in [5.74, 6) is 1.80. The van der Waals surface area contributed by atoms with E-state index < -0.39 is 0 Å². The van der Waals surface area contributed by atoms with Crippen LogP contribution in [0.3, 0.4) is 0 Å². The van der Waals surface area contributed by atoms with Gasteiger partial charge in [0.2, 0.25) is 0 Å². The first-order chi connectivity index (χ1) is 30.6. The Morgan fingerprint density at radius 1 is 0.323 bits per heavy atom. The average Bonchev–Trinajstić information content (AvgIpc) is 3.31. The minimum absolute atomic E-state index is 0.0327. The Labute approximate surface area is 355 Å². The van der Waals surface area contributed by atoms with Gasteiger partial charge in [-0.05, 0) is 67.4 Å². The van der Waals surface area contributed by atoms with Crippen molar-refractivity contribution in [2.75, 3.05) is 26.4 Å². The SMILES string of the molecule is O/N=C\c1c(OCC(COc2ccc3ccccc3c2/C=N/O)=C(COc2ccc3ccccc3c2/C=N/O)COc2ccc3ccccc3c2/C=N/O)ccc2ccccc12. The molecule has 0 fully saturated rings. The molecule has 12 nitrogen and oxygen atoms in total. The molecular weight excluding hydrogens is 785 g/mol. The molecule has 8 aromatic rings. The summed E-state index contributed by atoms with van der Waals surface area (Å²) in [6.07, 6.45) is 5.37. The smallest absolute Gasteiger partial charge is 0.129 e. The molecule has 0 saturated carbocycles. The number of oxime groups is 4. The Kier molecular flexibility index (Phi) is 12.5. The van der Waals surface area contributed by atoms with Crippen molar-refractivity contribution in [1.29, 1.82) is 0 Å². The summed E-state index contributed by atoms with van der Waals surface area (Å²) >= 11 is 0. The molecule has 0 spiro atoms. The molecule has 308 valence electrons. The molecule has 0 unspecified atom stereocenters. The van der Waals surface area contributed by atoms with Gasteiger partial charge in [0.1, 0.15) is 49.4 Å². The Balaban J connectivity index is 1.24. The summed E-state index contributed by atoms with van der Waals surface area (Å²) in [6, 6.07) is 45.8. The highest BCUT2D eigenvalue weighted by atomic mass is 16.5. The maximum Gasteiger partial charge on any atom is 0.129 e. The van der Waals surface area contributed by atoms with E-state index in [-0.39, 0.29) is 26.4 Å². The van der Waals surface area contributed by atoms with Gasteiger partial charge < -0.3 is 39.8 Å². The Bertz CT molecular complexity index is 2640. The molecule has 0 aliphatic rings. The van der Waals surface area contributed by atoms with Crippen molar-refractivity contribution in [3.8, 4) is 23.0 Å². The van der Waals surface area contributed by atoms with E-state index in [1.54, 1.807) is 0 Å². The molecule has 4 N–H and O–H groups in total. The zero-order valence-electron chi connectivity index (χ0n) is 33.2. The third kappa shape index (κ3) is 8.66. The van der Waals surface area contributed by atoms with Crippen LogP contribution in [0.5, 0.6) is 23.0 Å². The summed E-state index contributed by atoms with van der Waals surface area (Å²) < 4.78 is 26.4. The van der Waals surface area contributed by atoms with Crippen LogP contribution in [0.1, 0.15) is 22.3 Å². The van der Waals surface area contributed by atoms with Gasteiger partial charge in [-0.15, -0.1) is 0 Å². The van der Waals surface area contributed by atoms with E-state index in [1.807, 2.05) is 146 Å². The Morgan fingerprint density at radius 2 is 0.548 bits per heavy atom. The molecule has 0 atom stereocenters. The second-order valence-electron chi connectivity index (χ2n) is 14.1. The molecule has 0 bridgehead atoms. The first kappa shape index (κ1) is 40.4. The standard InChI is InChI=1S/C50H40N4O8/c55-51-25-43-39-13-5-1-9-33(39)17-21-47(43)59-29-37(30-60-48-22-18-34-10-2-6-14-40(34)44(48)26-52-56)38(31-61-49-23-19-35-11-3-7-15-41(35)45(49)27-53-57)32-62-50-24-20-36-12-4-8-16-42(36)46(50)28-54-58/h1-28,55-58H,29-32H2/b51-25-,52-26+,53-27+,54-28+. The second kappa shape index (κ2) is 19.1. The fourth-order valence-corrected chi connectivity index (χ4v) is 7.52. The van der Waals surface area contributed by atoms with Crippen molar-refractivity contribution in [3.63, 3.8) is 0 Å². The fraction of sp³-hybridized carbons (Fsp3) is 0.0800. The van der Waals surface area contributed by atoms with Crippen LogP contribution in [0.25, 0.3) is 43.1 Å². The van der Waals surface area contributed by atoms with Gasteiger partial charge in [0, 0.05) is 33.4 Å². The molecule has 0 heterocycles. The largest absolute Gasteiger partial charge is 0.488 e. The first-order valence-corrected chi connectivity index (χ1v) is 19.6. The van der Waals surface area contributed by atoms with E-state index >= 15 is 0 Å². The van der Waals surface area contributed by atoms with Crippen LogP contribution < -0.4 is 18.9 Å². The lowest BCUT2D eigenvalue weighted by Gasteiger charge is -2.21. The van der Waals surface area contributed by atoms with Crippen molar-refractivity contribution in [3.05, 3.63) is 179 Å². The van der Waals surface area contributed by atoms with Crippen LogP contribution in [0.15, 0.2) is 177 Å². The Hall–Kier alpha value is -8.38. The van der Waals surface area contributed by atoms with E-state index in [0.29, 0.717) is 56.4 Å². The zero-order chi connectivity index (χ0) is 42.7. The predicted molar refractivity (Wildman–Crippen MR) is 242 cm³/mol. The topological polar surface area (TPSA) is 167 Å². The van der Waals surface area contributed by atoms with E-state index in [1.165, 1.54) is 24.9 Å². The lowest BCUT2D eigenvalue weighted by Crippen LogP contribution is -2.20. The normalized spacial score (nSPS) is 11.8. The maximum absolute atomic E-state index is 9.71. The van der Waals surface area contributed by atoms with Gasteiger partial charge in [0.05, 0.1) is 24.9 Å². The van der Waals surface area contributed by atoms with Crippen LogP contribution in [0, 0.1) is 0 Å². The molecule has 0 aromatic heterocycles. The number of fused-ring (bicyclic) bond motifs is 4. The van der Waals surface area contributed by atoms with E-state index in [4.69, 9.17) is 18.9 Å². The third-order valence-corrected chi connectivity index (χ3v) is 10.6. The van der Waals surface area contributed by atoms with Gasteiger partial charge in [-0.3, -0.25) is 0 Å². The van der Waals surface area contributed by atoms with Crippen molar-refractivity contribution in [2.45, 2.75) is 0 Å². The minimum Gasteiger partial charge on any atom is -0.488 e. The molecule has 8 rings (SSSR count). The van der Waals surface area contributed by atoms with Gasteiger partial charge in [-0.25, -0.2) is 0 Å².